The number of phenolic OH excluding ortho intramolecular Hbond substituents is 1. The molecule has 18 heavy (non-hydrogen) atoms. The number of aromatic hydroxyl groups is 1. The van der Waals surface area contributed by atoms with Gasteiger partial charge in [0.15, 0.2) is 5.58 Å². The lowest BCUT2D eigenvalue weighted by Crippen LogP contribution is -1.78. The number of carbonyl (C=O) groups is 1. The Morgan fingerprint density at radius 3 is 2.78 bits per heavy atom. The maximum absolute atomic E-state index is 10.7. The topological polar surface area (TPSA) is 63.3 Å². The molecule has 0 aliphatic carbocycles. The lowest BCUT2D eigenvalue weighted by Gasteiger charge is -1.97. The van der Waals surface area contributed by atoms with Crippen molar-refractivity contribution in [3.8, 4) is 17.2 Å². The second-order valence-electron chi connectivity index (χ2n) is 3.88. The first-order chi connectivity index (χ1) is 8.78. The number of aldehydes is 1. The van der Waals surface area contributed by atoms with Crippen LogP contribution in [-0.2, 0) is 0 Å². The average molecular weight is 239 g/mol. The van der Waals surface area contributed by atoms with E-state index >= 15 is 0 Å². The molecule has 1 N–H and O–H groups in total. The predicted molar refractivity (Wildman–Crippen MR) is 66.5 cm³/mol. The van der Waals surface area contributed by atoms with Crippen molar-refractivity contribution < 1.29 is 14.3 Å². The monoisotopic (exact) mass is 239 g/mol. The Morgan fingerprint density at radius 1 is 1.17 bits per heavy atom. The minimum Gasteiger partial charge on any atom is -0.507 e. The highest BCUT2D eigenvalue weighted by Crippen LogP contribution is 2.30. The summed E-state index contributed by atoms with van der Waals surface area (Å²) in [6.45, 7) is 0. The van der Waals surface area contributed by atoms with Crippen LogP contribution in [0.25, 0.3) is 22.6 Å². The highest BCUT2D eigenvalue weighted by molar-refractivity contribution is 5.85. The highest BCUT2D eigenvalue weighted by Gasteiger charge is 2.11. The standard InChI is InChI=1S/C14H9NO3/c16-8-9-5-6-11-13(7-9)18-14(15-11)10-3-1-2-4-12(10)17/h1-8,17H. The molecule has 0 saturated heterocycles. The van der Waals surface area contributed by atoms with E-state index in [4.69, 9.17) is 4.42 Å². The van der Waals surface area contributed by atoms with Crippen molar-refractivity contribution >= 4 is 17.4 Å². The molecule has 88 valence electrons. The predicted octanol–water partition coefficient (Wildman–Crippen LogP) is 3.01. The van der Waals surface area contributed by atoms with Crippen molar-refractivity contribution in [1.29, 1.82) is 0 Å². The number of phenols is 1. The van der Waals surface area contributed by atoms with Gasteiger partial charge in [0, 0.05) is 5.56 Å². The van der Waals surface area contributed by atoms with E-state index < -0.39 is 0 Å². The van der Waals surface area contributed by atoms with Gasteiger partial charge in [-0.3, -0.25) is 4.79 Å². The SMILES string of the molecule is O=Cc1ccc2nc(-c3ccccc3O)oc2c1. The molecule has 1 heterocycles. The molecule has 0 spiro atoms. The fourth-order valence-electron chi connectivity index (χ4n) is 1.78. The third-order valence-electron chi connectivity index (χ3n) is 2.68. The number of aromatic nitrogens is 1. The van der Waals surface area contributed by atoms with Crippen molar-refractivity contribution in [3.63, 3.8) is 0 Å². The molecule has 0 bridgehead atoms. The molecule has 0 atom stereocenters. The lowest BCUT2D eigenvalue weighted by molar-refractivity contribution is 0.112. The van der Waals surface area contributed by atoms with Gasteiger partial charge in [-0.1, -0.05) is 12.1 Å². The molecule has 0 aliphatic rings. The number of para-hydroxylation sites is 1. The number of oxazole rings is 1. The first kappa shape index (κ1) is 10.5. The van der Waals surface area contributed by atoms with Gasteiger partial charge in [-0.15, -0.1) is 0 Å². The van der Waals surface area contributed by atoms with Crippen LogP contribution in [0.15, 0.2) is 46.9 Å². The van der Waals surface area contributed by atoms with Crippen LogP contribution in [0.5, 0.6) is 5.75 Å². The summed E-state index contributed by atoms with van der Waals surface area (Å²) in [4.78, 5) is 15.0. The molecule has 0 saturated carbocycles. The van der Waals surface area contributed by atoms with Gasteiger partial charge in [0.1, 0.15) is 17.6 Å². The van der Waals surface area contributed by atoms with Gasteiger partial charge in [0.2, 0.25) is 5.89 Å². The molecule has 4 heteroatoms. The zero-order valence-corrected chi connectivity index (χ0v) is 9.33. The molecule has 2 aromatic carbocycles. The van der Waals surface area contributed by atoms with Gasteiger partial charge >= 0.3 is 0 Å². The van der Waals surface area contributed by atoms with Gasteiger partial charge in [-0.05, 0) is 30.3 Å². The number of nitrogens with zero attached hydrogens (tertiary/aromatic N) is 1. The van der Waals surface area contributed by atoms with E-state index in [1.807, 2.05) is 0 Å². The Bertz CT molecular complexity index is 731. The Balaban J connectivity index is 2.19. The van der Waals surface area contributed by atoms with Crippen molar-refractivity contribution in [3.05, 3.63) is 48.0 Å². The summed E-state index contributed by atoms with van der Waals surface area (Å²) in [7, 11) is 0. The Labute approximate surface area is 103 Å². The molecule has 3 rings (SSSR count). The van der Waals surface area contributed by atoms with Gasteiger partial charge in [0.25, 0.3) is 0 Å². The van der Waals surface area contributed by atoms with Crippen LogP contribution < -0.4 is 0 Å². The lowest BCUT2D eigenvalue weighted by atomic mass is 10.2. The van der Waals surface area contributed by atoms with Crippen LogP contribution >= 0.6 is 0 Å². The van der Waals surface area contributed by atoms with E-state index in [1.54, 1.807) is 42.5 Å². The summed E-state index contributed by atoms with van der Waals surface area (Å²) >= 11 is 0. The largest absolute Gasteiger partial charge is 0.507 e. The molecule has 3 aromatic rings. The number of benzene rings is 2. The summed E-state index contributed by atoms with van der Waals surface area (Å²) in [5, 5.41) is 9.73. The van der Waals surface area contributed by atoms with Crippen LogP contribution in [0.4, 0.5) is 0 Å². The van der Waals surface area contributed by atoms with E-state index in [0.29, 0.717) is 28.1 Å². The molecule has 4 nitrogen and oxygen atoms in total. The highest BCUT2D eigenvalue weighted by atomic mass is 16.3. The number of rotatable bonds is 2. The van der Waals surface area contributed by atoms with Crippen LogP contribution in [0.3, 0.4) is 0 Å². The van der Waals surface area contributed by atoms with Crippen LogP contribution in [0.2, 0.25) is 0 Å². The van der Waals surface area contributed by atoms with Gasteiger partial charge < -0.3 is 9.52 Å². The smallest absolute Gasteiger partial charge is 0.231 e. The van der Waals surface area contributed by atoms with Crippen molar-refractivity contribution in [2.45, 2.75) is 0 Å². The number of carbonyl (C=O) groups excluding carboxylic acids is 1. The maximum atomic E-state index is 10.7. The third-order valence-corrected chi connectivity index (χ3v) is 2.68. The minimum atomic E-state index is 0.111. The zero-order chi connectivity index (χ0) is 12.5. The van der Waals surface area contributed by atoms with E-state index in [0.717, 1.165) is 6.29 Å². The molecule has 0 aliphatic heterocycles. The van der Waals surface area contributed by atoms with Crippen molar-refractivity contribution in [1.82, 2.24) is 4.98 Å². The summed E-state index contributed by atoms with van der Waals surface area (Å²) in [6, 6.07) is 11.8. The van der Waals surface area contributed by atoms with E-state index in [1.165, 1.54) is 0 Å². The first-order valence-corrected chi connectivity index (χ1v) is 5.42. The Hall–Kier alpha value is -2.62. The normalized spacial score (nSPS) is 10.7. The van der Waals surface area contributed by atoms with E-state index in [2.05, 4.69) is 4.98 Å². The van der Waals surface area contributed by atoms with Gasteiger partial charge in [0.05, 0.1) is 5.56 Å². The second-order valence-corrected chi connectivity index (χ2v) is 3.88. The summed E-state index contributed by atoms with van der Waals surface area (Å²) < 4.78 is 5.55. The van der Waals surface area contributed by atoms with Crippen molar-refractivity contribution in [2.24, 2.45) is 0 Å². The van der Waals surface area contributed by atoms with Crippen molar-refractivity contribution in [2.75, 3.05) is 0 Å². The van der Waals surface area contributed by atoms with E-state index in [9.17, 15) is 9.90 Å². The molecule has 0 unspecified atom stereocenters. The fraction of sp³-hybridized carbons (Fsp3) is 0. The number of fused-ring (bicyclic) bond motifs is 1. The van der Waals surface area contributed by atoms with Crippen LogP contribution in [0.1, 0.15) is 10.4 Å². The number of hydrogen-bond acceptors (Lipinski definition) is 4. The van der Waals surface area contributed by atoms with Gasteiger partial charge in [-0.25, -0.2) is 4.98 Å². The maximum Gasteiger partial charge on any atom is 0.231 e. The molecule has 0 fully saturated rings. The quantitative estimate of drug-likeness (QED) is 0.698. The minimum absolute atomic E-state index is 0.111. The molecule has 0 radical (unpaired) electrons. The summed E-state index contributed by atoms with van der Waals surface area (Å²) in [6.07, 6.45) is 0.752. The second kappa shape index (κ2) is 4.00. The molecular formula is C14H9NO3. The van der Waals surface area contributed by atoms with Crippen LogP contribution in [-0.4, -0.2) is 16.4 Å². The first-order valence-electron chi connectivity index (χ1n) is 5.42. The Kier molecular flexibility index (Phi) is 2.34. The van der Waals surface area contributed by atoms with Gasteiger partial charge in [-0.2, -0.15) is 0 Å². The van der Waals surface area contributed by atoms with E-state index in [-0.39, 0.29) is 5.75 Å². The molecular weight excluding hydrogens is 230 g/mol. The Morgan fingerprint density at radius 2 is 2.00 bits per heavy atom. The third kappa shape index (κ3) is 1.64. The fourth-order valence-corrected chi connectivity index (χ4v) is 1.78. The summed E-state index contributed by atoms with van der Waals surface area (Å²) in [5.74, 6) is 0.450. The van der Waals surface area contributed by atoms with Crippen LogP contribution in [0, 0.1) is 0 Å². The number of hydrogen-bond donors (Lipinski definition) is 1. The molecule has 0 amide bonds. The molecule has 1 aromatic heterocycles. The summed E-state index contributed by atoms with van der Waals surface area (Å²) in [5.41, 5.74) is 2.24. The zero-order valence-electron chi connectivity index (χ0n) is 9.33. The average Bonchev–Trinajstić information content (AvgIpc) is 2.81.